The van der Waals surface area contributed by atoms with E-state index in [1.54, 1.807) is 0 Å². The minimum atomic E-state index is 0.0760. The van der Waals surface area contributed by atoms with Gasteiger partial charge in [0.15, 0.2) is 0 Å². The highest BCUT2D eigenvalue weighted by atomic mass is 35.5. The SMILES string of the molecule is CC(C)C(CNC(=O)Cc1ccc(Cl)cc1)N1CCN(C)CC1. The normalized spacial score (nSPS) is 18.1. The molecular weight excluding hydrogens is 310 g/mol. The molecule has 0 aliphatic carbocycles. The van der Waals surface area contributed by atoms with E-state index < -0.39 is 0 Å². The number of carbonyl (C=O) groups excluding carboxylic acids is 1. The molecule has 2 rings (SSSR count). The first kappa shape index (κ1) is 18.2. The number of nitrogens with one attached hydrogen (secondary N) is 1. The van der Waals surface area contributed by atoms with Gasteiger partial charge in [-0.25, -0.2) is 0 Å². The van der Waals surface area contributed by atoms with E-state index in [2.05, 4.69) is 36.0 Å². The van der Waals surface area contributed by atoms with Gasteiger partial charge >= 0.3 is 0 Å². The van der Waals surface area contributed by atoms with Gasteiger partial charge in [0.05, 0.1) is 6.42 Å². The van der Waals surface area contributed by atoms with Crippen molar-refractivity contribution in [2.45, 2.75) is 26.3 Å². The predicted octanol–water partition coefficient (Wildman–Crippen LogP) is 2.27. The Hall–Kier alpha value is -1.10. The van der Waals surface area contributed by atoms with Crippen molar-refractivity contribution in [3.63, 3.8) is 0 Å². The average Bonchev–Trinajstić information content (AvgIpc) is 2.51. The molecule has 23 heavy (non-hydrogen) atoms. The fourth-order valence-corrected chi connectivity index (χ4v) is 3.13. The van der Waals surface area contributed by atoms with E-state index in [1.807, 2.05) is 24.3 Å². The summed E-state index contributed by atoms with van der Waals surface area (Å²) in [6.45, 7) is 9.53. The average molecular weight is 338 g/mol. The maximum absolute atomic E-state index is 12.2. The third kappa shape index (κ3) is 5.79. The Labute approximate surface area is 144 Å². The number of amides is 1. The zero-order chi connectivity index (χ0) is 16.8. The topological polar surface area (TPSA) is 35.6 Å². The smallest absolute Gasteiger partial charge is 0.224 e. The molecule has 1 N–H and O–H groups in total. The highest BCUT2D eigenvalue weighted by Crippen LogP contribution is 2.13. The fourth-order valence-electron chi connectivity index (χ4n) is 3.01. The van der Waals surface area contributed by atoms with Gasteiger partial charge < -0.3 is 10.2 Å². The molecule has 0 aromatic heterocycles. The summed E-state index contributed by atoms with van der Waals surface area (Å²) in [5.41, 5.74) is 0.993. The Bertz CT molecular complexity index is 495. The van der Waals surface area contributed by atoms with Crippen molar-refractivity contribution in [2.24, 2.45) is 5.92 Å². The number of halogens is 1. The molecular formula is C18H28ClN3O. The van der Waals surface area contributed by atoms with Crippen LogP contribution in [0.3, 0.4) is 0 Å². The van der Waals surface area contributed by atoms with Crippen molar-refractivity contribution in [1.82, 2.24) is 15.1 Å². The molecule has 128 valence electrons. The lowest BCUT2D eigenvalue weighted by Gasteiger charge is -2.39. The lowest BCUT2D eigenvalue weighted by molar-refractivity contribution is -0.120. The van der Waals surface area contributed by atoms with E-state index in [9.17, 15) is 4.79 Å². The Balaban J connectivity index is 1.83. The van der Waals surface area contributed by atoms with Crippen LogP contribution < -0.4 is 5.32 Å². The first-order valence-electron chi connectivity index (χ1n) is 8.39. The van der Waals surface area contributed by atoms with Crippen LogP contribution in [-0.4, -0.2) is 61.5 Å². The van der Waals surface area contributed by atoms with Crippen molar-refractivity contribution in [2.75, 3.05) is 39.8 Å². The summed E-state index contributed by atoms with van der Waals surface area (Å²) in [7, 11) is 2.16. The molecule has 1 amide bonds. The van der Waals surface area contributed by atoms with Gasteiger partial charge in [-0.3, -0.25) is 9.69 Å². The quantitative estimate of drug-likeness (QED) is 0.865. The molecule has 1 aliphatic heterocycles. The Morgan fingerprint density at radius 2 is 1.78 bits per heavy atom. The Morgan fingerprint density at radius 1 is 1.17 bits per heavy atom. The van der Waals surface area contributed by atoms with E-state index in [0.29, 0.717) is 29.9 Å². The van der Waals surface area contributed by atoms with Gasteiger partial charge in [-0.2, -0.15) is 0 Å². The summed E-state index contributed by atoms with van der Waals surface area (Å²) in [5, 5.41) is 3.81. The third-order valence-electron chi connectivity index (χ3n) is 4.56. The van der Waals surface area contributed by atoms with Gasteiger partial charge in [-0.05, 0) is 30.7 Å². The number of nitrogens with zero attached hydrogens (tertiary/aromatic N) is 2. The van der Waals surface area contributed by atoms with E-state index >= 15 is 0 Å². The zero-order valence-corrected chi connectivity index (χ0v) is 15.1. The molecule has 0 spiro atoms. The molecule has 1 aromatic carbocycles. The van der Waals surface area contributed by atoms with Gasteiger partial charge in [0.25, 0.3) is 0 Å². The molecule has 1 atom stereocenters. The number of rotatable bonds is 6. The summed E-state index contributed by atoms with van der Waals surface area (Å²) in [6, 6.07) is 7.86. The van der Waals surface area contributed by atoms with Gasteiger partial charge in [-0.1, -0.05) is 37.6 Å². The van der Waals surface area contributed by atoms with Crippen molar-refractivity contribution < 1.29 is 4.79 Å². The molecule has 1 aromatic rings. The third-order valence-corrected chi connectivity index (χ3v) is 4.81. The molecule has 1 heterocycles. The Morgan fingerprint density at radius 3 is 2.35 bits per heavy atom. The van der Waals surface area contributed by atoms with E-state index in [4.69, 9.17) is 11.6 Å². The van der Waals surface area contributed by atoms with E-state index in [0.717, 1.165) is 31.7 Å². The van der Waals surface area contributed by atoms with Crippen LogP contribution in [0.1, 0.15) is 19.4 Å². The monoisotopic (exact) mass is 337 g/mol. The summed E-state index contributed by atoms with van der Waals surface area (Å²) in [5.74, 6) is 0.598. The van der Waals surface area contributed by atoms with Crippen LogP contribution in [0.25, 0.3) is 0 Å². The van der Waals surface area contributed by atoms with Crippen molar-refractivity contribution in [3.8, 4) is 0 Å². The first-order valence-corrected chi connectivity index (χ1v) is 8.77. The van der Waals surface area contributed by atoms with Crippen LogP contribution in [0.15, 0.2) is 24.3 Å². The van der Waals surface area contributed by atoms with Crippen LogP contribution in [0.4, 0.5) is 0 Å². The highest BCUT2D eigenvalue weighted by Gasteiger charge is 2.25. The number of benzene rings is 1. The molecule has 0 radical (unpaired) electrons. The molecule has 0 saturated carbocycles. The molecule has 0 bridgehead atoms. The lowest BCUT2D eigenvalue weighted by atomic mass is 10.0. The highest BCUT2D eigenvalue weighted by molar-refractivity contribution is 6.30. The lowest BCUT2D eigenvalue weighted by Crippen LogP contribution is -2.54. The van der Waals surface area contributed by atoms with Crippen LogP contribution in [0.2, 0.25) is 5.02 Å². The second-order valence-corrected chi connectivity index (χ2v) is 7.19. The summed E-state index contributed by atoms with van der Waals surface area (Å²) in [6.07, 6.45) is 0.407. The van der Waals surface area contributed by atoms with E-state index in [1.165, 1.54) is 0 Å². The maximum Gasteiger partial charge on any atom is 0.224 e. The first-order chi connectivity index (χ1) is 11.0. The predicted molar refractivity (Wildman–Crippen MR) is 95.9 cm³/mol. The summed E-state index contributed by atoms with van der Waals surface area (Å²) in [4.78, 5) is 17.0. The number of piperazine rings is 1. The molecule has 1 fully saturated rings. The molecule has 1 unspecified atom stereocenters. The van der Waals surface area contributed by atoms with Gasteiger partial charge in [0.2, 0.25) is 5.91 Å². The number of hydrogen-bond acceptors (Lipinski definition) is 3. The molecule has 5 heteroatoms. The number of likely N-dealkylation sites (N-methyl/N-ethyl adjacent to an activating group) is 1. The van der Waals surface area contributed by atoms with Crippen molar-refractivity contribution >= 4 is 17.5 Å². The summed E-state index contributed by atoms with van der Waals surface area (Å²) < 4.78 is 0. The zero-order valence-electron chi connectivity index (χ0n) is 14.4. The number of hydrogen-bond donors (Lipinski definition) is 1. The minimum absolute atomic E-state index is 0.0760. The maximum atomic E-state index is 12.2. The summed E-state index contributed by atoms with van der Waals surface area (Å²) >= 11 is 5.87. The van der Waals surface area contributed by atoms with Gasteiger partial charge in [0, 0.05) is 43.8 Å². The van der Waals surface area contributed by atoms with Gasteiger partial charge in [0.1, 0.15) is 0 Å². The van der Waals surface area contributed by atoms with Crippen LogP contribution in [-0.2, 0) is 11.2 Å². The minimum Gasteiger partial charge on any atom is -0.354 e. The van der Waals surface area contributed by atoms with E-state index in [-0.39, 0.29) is 5.91 Å². The molecule has 1 saturated heterocycles. The Kier molecular flexibility index (Phi) is 6.88. The van der Waals surface area contributed by atoms with Crippen molar-refractivity contribution in [3.05, 3.63) is 34.9 Å². The second-order valence-electron chi connectivity index (χ2n) is 6.76. The number of carbonyl (C=O) groups is 1. The van der Waals surface area contributed by atoms with Crippen LogP contribution in [0.5, 0.6) is 0 Å². The van der Waals surface area contributed by atoms with Gasteiger partial charge in [-0.15, -0.1) is 0 Å². The second kappa shape index (κ2) is 8.67. The molecule has 1 aliphatic rings. The fraction of sp³-hybridized carbons (Fsp3) is 0.611. The van der Waals surface area contributed by atoms with Crippen LogP contribution in [0, 0.1) is 5.92 Å². The van der Waals surface area contributed by atoms with Crippen LogP contribution >= 0.6 is 11.6 Å². The largest absolute Gasteiger partial charge is 0.354 e. The standard InChI is InChI=1S/C18H28ClN3O/c1-14(2)17(22-10-8-21(3)9-11-22)13-20-18(23)12-15-4-6-16(19)7-5-15/h4-7,14,17H,8-13H2,1-3H3,(H,20,23). The van der Waals surface area contributed by atoms with Crippen molar-refractivity contribution in [1.29, 1.82) is 0 Å². The molecule has 4 nitrogen and oxygen atoms in total.